The Bertz CT molecular complexity index is 350. The highest BCUT2D eigenvalue weighted by atomic mass is 16.5. The van der Waals surface area contributed by atoms with Gasteiger partial charge in [0.05, 0.1) is 7.11 Å². The molecule has 3 nitrogen and oxygen atoms in total. The summed E-state index contributed by atoms with van der Waals surface area (Å²) in [6.07, 6.45) is 2.47. The van der Waals surface area contributed by atoms with E-state index in [9.17, 15) is 0 Å². The molecule has 1 saturated heterocycles. The number of rotatable bonds is 3. The van der Waals surface area contributed by atoms with Crippen molar-refractivity contribution < 1.29 is 4.74 Å². The normalized spacial score (nSPS) is 22.2. The maximum Gasteiger partial charge on any atom is 0.118 e. The number of nitrogens with zero attached hydrogens (tertiary/aromatic N) is 1. The number of nitrogens with one attached hydrogen (secondary N) is 1. The smallest absolute Gasteiger partial charge is 0.118 e. The van der Waals surface area contributed by atoms with Crippen LogP contribution in [0.3, 0.4) is 0 Å². The van der Waals surface area contributed by atoms with Crippen molar-refractivity contribution in [2.24, 2.45) is 0 Å². The molecule has 0 amide bonds. The second-order valence-electron chi connectivity index (χ2n) is 5.12. The van der Waals surface area contributed by atoms with Gasteiger partial charge in [-0.15, -0.1) is 0 Å². The van der Waals surface area contributed by atoms with Crippen LogP contribution in [-0.2, 0) is 6.54 Å². The monoisotopic (exact) mass is 248 g/mol. The van der Waals surface area contributed by atoms with Crippen molar-refractivity contribution in [1.29, 1.82) is 0 Å². The molecule has 18 heavy (non-hydrogen) atoms. The lowest BCUT2D eigenvalue weighted by atomic mass is 10.1. The highest BCUT2D eigenvalue weighted by molar-refractivity contribution is 5.27. The minimum absolute atomic E-state index is 0.642. The van der Waals surface area contributed by atoms with Gasteiger partial charge in [0.25, 0.3) is 0 Å². The summed E-state index contributed by atoms with van der Waals surface area (Å²) in [6, 6.07) is 9.06. The van der Waals surface area contributed by atoms with Crippen LogP contribution in [0.4, 0.5) is 0 Å². The highest BCUT2D eigenvalue weighted by Gasteiger charge is 2.11. The van der Waals surface area contributed by atoms with Gasteiger partial charge in [0.15, 0.2) is 0 Å². The van der Waals surface area contributed by atoms with Crippen molar-refractivity contribution in [3.05, 3.63) is 29.8 Å². The Kier molecular flexibility index (Phi) is 5.02. The summed E-state index contributed by atoms with van der Waals surface area (Å²) in [4.78, 5) is 2.55. The molecule has 1 aromatic carbocycles. The quantitative estimate of drug-likeness (QED) is 0.888. The van der Waals surface area contributed by atoms with Crippen molar-refractivity contribution in [3.63, 3.8) is 0 Å². The summed E-state index contributed by atoms with van der Waals surface area (Å²) in [5.41, 5.74) is 1.37. The number of ether oxygens (including phenoxy) is 1. The van der Waals surface area contributed by atoms with Crippen LogP contribution in [0, 0.1) is 0 Å². The third-order valence-electron chi connectivity index (χ3n) is 3.59. The number of methoxy groups -OCH3 is 1. The Morgan fingerprint density at radius 3 is 2.78 bits per heavy atom. The van der Waals surface area contributed by atoms with Gasteiger partial charge in [-0.3, -0.25) is 4.90 Å². The number of hydrogen-bond acceptors (Lipinski definition) is 3. The van der Waals surface area contributed by atoms with Crippen molar-refractivity contribution >= 4 is 0 Å². The first-order valence-corrected chi connectivity index (χ1v) is 6.86. The molecular weight excluding hydrogens is 224 g/mol. The van der Waals surface area contributed by atoms with Crippen molar-refractivity contribution in [1.82, 2.24) is 10.2 Å². The van der Waals surface area contributed by atoms with Gasteiger partial charge in [-0.1, -0.05) is 12.1 Å². The number of hydrogen-bond donors (Lipinski definition) is 1. The fraction of sp³-hybridized carbons (Fsp3) is 0.600. The van der Waals surface area contributed by atoms with Gasteiger partial charge in [-0.05, 0) is 57.1 Å². The molecule has 1 aliphatic rings. The molecule has 1 unspecified atom stereocenters. The van der Waals surface area contributed by atoms with Gasteiger partial charge in [0, 0.05) is 12.6 Å². The van der Waals surface area contributed by atoms with E-state index in [1.807, 2.05) is 12.1 Å². The zero-order valence-electron chi connectivity index (χ0n) is 11.5. The molecule has 100 valence electrons. The highest BCUT2D eigenvalue weighted by Crippen LogP contribution is 2.14. The molecule has 0 spiro atoms. The molecule has 1 aromatic rings. The summed E-state index contributed by atoms with van der Waals surface area (Å²) in [5.74, 6) is 0.934. The molecule has 0 aliphatic carbocycles. The largest absolute Gasteiger partial charge is 0.497 e. The maximum atomic E-state index is 5.19. The second kappa shape index (κ2) is 6.76. The zero-order valence-corrected chi connectivity index (χ0v) is 11.5. The predicted octanol–water partition coefficient (Wildman–Crippen LogP) is 2.27. The third kappa shape index (κ3) is 4.00. The molecule has 3 heteroatoms. The topological polar surface area (TPSA) is 24.5 Å². The maximum absolute atomic E-state index is 5.19. The van der Waals surface area contributed by atoms with E-state index in [0.717, 1.165) is 18.8 Å². The van der Waals surface area contributed by atoms with Crippen molar-refractivity contribution in [2.75, 3.05) is 26.7 Å². The summed E-state index contributed by atoms with van der Waals surface area (Å²) in [6.45, 7) is 6.83. The third-order valence-corrected chi connectivity index (χ3v) is 3.59. The van der Waals surface area contributed by atoms with Crippen LogP contribution < -0.4 is 10.1 Å². The van der Waals surface area contributed by atoms with E-state index in [4.69, 9.17) is 4.74 Å². The summed E-state index contributed by atoms with van der Waals surface area (Å²) in [5, 5.41) is 3.54. The Hall–Kier alpha value is -1.06. The van der Waals surface area contributed by atoms with Gasteiger partial charge in [-0.2, -0.15) is 0 Å². The minimum atomic E-state index is 0.642. The molecular formula is C15H24N2O. The van der Waals surface area contributed by atoms with Crippen molar-refractivity contribution in [2.45, 2.75) is 32.4 Å². The fourth-order valence-corrected chi connectivity index (χ4v) is 2.39. The SMILES string of the molecule is COc1ccc(CN2CCCNC(C)CC2)cc1. The van der Waals surface area contributed by atoms with Gasteiger partial charge in [-0.25, -0.2) is 0 Å². The van der Waals surface area contributed by atoms with Crippen LogP contribution in [0.25, 0.3) is 0 Å². The lowest BCUT2D eigenvalue weighted by molar-refractivity contribution is 0.229. The van der Waals surface area contributed by atoms with Crippen LogP contribution in [0.15, 0.2) is 24.3 Å². The van der Waals surface area contributed by atoms with Crippen LogP contribution in [0.2, 0.25) is 0 Å². The first kappa shape index (κ1) is 13.4. The van der Waals surface area contributed by atoms with E-state index >= 15 is 0 Å². The van der Waals surface area contributed by atoms with Gasteiger partial charge in [0.1, 0.15) is 5.75 Å². The summed E-state index contributed by atoms with van der Waals surface area (Å²) < 4.78 is 5.19. The van der Waals surface area contributed by atoms with Crippen molar-refractivity contribution in [3.8, 4) is 5.75 Å². The fourth-order valence-electron chi connectivity index (χ4n) is 2.39. The Morgan fingerprint density at radius 2 is 2.06 bits per heavy atom. The Balaban J connectivity index is 1.89. The molecule has 1 N–H and O–H groups in total. The van der Waals surface area contributed by atoms with E-state index < -0.39 is 0 Å². The molecule has 0 saturated carbocycles. The van der Waals surface area contributed by atoms with Crippen LogP contribution in [0.1, 0.15) is 25.3 Å². The first-order valence-electron chi connectivity index (χ1n) is 6.86. The molecule has 0 radical (unpaired) electrons. The Morgan fingerprint density at radius 1 is 1.28 bits per heavy atom. The molecule has 1 atom stereocenters. The minimum Gasteiger partial charge on any atom is -0.497 e. The average Bonchev–Trinajstić information content (AvgIpc) is 2.39. The van der Waals surface area contributed by atoms with E-state index in [-0.39, 0.29) is 0 Å². The lowest BCUT2D eigenvalue weighted by Gasteiger charge is -2.27. The van der Waals surface area contributed by atoms with E-state index in [2.05, 4.69) is 29.3 Å². The molecule has 0 aromatic heterocycles. The van der Waals surface area contributed by atoms with Gasteiger partial charge >= 0.3 is 0 Å². The van der Waals surface area contributed by atoms with Gasteiger partial charge < -0.3 is 10.1 Å². The molecule has 1 heterocycles. The van der Waals surface area contributed by atoms with Crippen LogP contribution >= 0.6 is 0 Å². The predicted molar refractivity (Wildman–Crippen MR) is 75.0 cm³/mol. The summed E-state index contributed by atoms with van der Waals surface area (Å²) >= 11 is 0. The van der Waals surface area contributed by atoms with E-state index in [0.29, 0.717) is 6.04 Å². The molecule has 1 aliphatic heterocycles. The molecule has 1 fully saturated rings. The van der Waals surface area contributed by atoms with E-state index in [1.165, 1.54) is 31.5 Å². The first-order chi connectivity index (χ1) is 8.78. The van der Waals surface area contributed by atoms with Gasteiger partial charge in [0.2, 0.25) is 0 Å². The molecule has 0 bridgehead atoms. The number of benzene rings is 1. The second-order valence-corrected chi connectivity index (χ2v) is 5.12. The van der Waals surface area contributed by atoms with Crippen LogP contribution in [0.5, 0.6) is 5.75 Å². The zero-order chi connectivity index (χ0) is 12.8. The van der Waals surface area contributed by atoms with E-state index in [1.54, 1.807) is 7.11 Å². The molecule has 2 rings (SSSR count). The average molecular weight is 248 g/mol. The Labute approximate surface area is 110 Å². The standard InChI is InChI=1S/C15H24N2O/c1-13-8-11-17(10-3-9-16-13)12-14-4-6-15(18-2)7-5-14/h4-7,13,16H,3,8-12H2,1-2H3. The van der Waals surface area contributed by atoms with Crippen LogP contribution in [-0.4, -0.2) is 37.7 Å². The summed E-state index contributed by atoms with van der Waals surface area (Å²) in [7, 11) is 1.71. The lowest BCUT2D eigenvalue weighted by Crippen LogP contribution is -2.38.